The van der Waals surface area contributed by atoms with E-state index in [1.807, 2.05) is 0 Å². The van der Waals surface area contributed by atoms with Crippen LogP contribution in [0, 0.1) is 0 Å². The third kappa shape index (κ3) is 5.21. The number of rotatable bonds is 3. The Labute approximate surface area is 50.3 Å². The van der Waals surface area contributed by atoms with Gasteiger partial charge in [-0.1, -0.05) is 0 Å². The zero-order chi connectivity index (χ0) is 6.41. The van der Waals surface area contributed by atoms with Crippen molar-refractivity contribution >= 4 is 6.72 Å². The molecule has 0 saturated heterocycles. The summed E-state index contributed by atoms with van der Waals surface area (Å²) < 4.78 is 0. The SMILES string of the molecule is C=N/C=C\NC(C)C. The van der Waals surface area contributed by atoms with Crippen LogP contribution in [0.15, 0.2) is 17.4 Å². The molecule has 0 saturated carbocycles. The van der Waals surface area contributed by atoms with Crippen LogP contribution in [0.3, 0.4) is 0 Å². The van der Waals surface area contributed by atoms with Gasteiger partial charge in [0, 0.05) is 18.4 Å². The Bertz CT molecular complexity index is 84.5. The van der Waals surface area contributed by atoms with Crippen molar-refractivity contribution in [2.45, 2.75) is 19.9 Å². The molecule has 0 aromatic rings. The molecule has 0 fully saturated rings. The second kappa shape index (κ2) is 4.37. The summed E-state index contributed by atoms with van der Waals surface area (Å²) in [5, 5.41) is 3.03. The van der Waals surface area contributed by atoms with Gasteiger partial charge in [-0.3, -0.25) is 4.99 Å². The van der Waals surface area contributed by atoms with Crippen LogP contribution in [0.5, 0.6) is 0 Å². The minimum atomic E-state index is 0.480. The maximum absolute atomic E-state index is 3.51. The number of hydrogen-bond acceptors (Lipinski definition) is 2. The highest BCUT2D eigenvalue weighted by atomic mass is 14.9. The van der Waals surface area contributed by atoms with E-state index in [9.17, 15) is 0 Å². The first-order valence-electron chi connectivity index (χ1n) is 2.64. The van der Waals surface area contributed by atoms with Crippen LogP contribution in [0.1, 0.15) is 13.8 Å². The molecule has 0 aliphatic rings. The highest BCUT2D eigenvalue weighted by molar-refractivity contribution is 5.25. The molecule has 0 unspecified atom stereocenters. The summed E-state index contributed by atoms with van der Waals surface area (Å²) in [5.74, 6) is 0. The summed E-state index contributed by atoms with van der Waals surface area (Å²) in [6, 6.07) is 0.480. The zero-order valence-electron chi connectivity index (χ0n) is 5.39. The molecule has 0 aliphatic carbocycles. The lowest BCUT2D eigenvalue weighted by molar-refractivity contribution is 0.701. The standard InChI is InChI=1S/C6H12N2/c1-6(2)8-5-4-7-3/h4-6,8H,3H2,1-2H3/b5-4-. The van der Waals surface area contributed by atoms with Gasteiger partial charge in [-0.2, -0.15) is 0 Å². The molecule has 0 aliphatic heterocycles. The molecule has 2 heteroatoms. The number of aliphatic imine (C=N–C) groups is 1. The molecular weight excluding hydrogens is 100 g/mol. The van der Waals surface area contributed by atoms with Gasteiger partial charge in [-0.25, -0.2) is 0 Å². The van der Waals surface area contributed by atoms with Crippen molar-refractivity contribution in [3.63, 3.8) is 0 Å². The predicted octanol–water partition coefficient (Wildman–Crippen LogP) is 1.16. The van der Waals surface area contributed by atoms with Gasteiger partial charge in [-0.15, -0.1) is 0 Å². The van der Waals surface area contributed by atoms with Crippen LogP contribution >= 0.6 is 0 Å². The van der Waals surface area contributed by atoms with E-state index in [1.54, 1.807) is 12.4 Å². The van der Waals surface area contributed by atoms with Crippen LogP contribution in [0.4, 0.5) is 0 Å². The molecule has 0 bridgehead atoms. The van der Waals surface area contributed by atoms with Crippen molar-refractivity contribution in [2.24, 2.45) is 4.99 Å². The molecule has 0 rings (SSSR count). The number of hydrogen-bond donors (Lipinski definition) is 1. The minimum Gasteiger partial charge on any atom is -0.387 e. The fourth-order valence-corrected chi connectivity index (χ4v) is 0.288. The summed E-state index contributed by atoms with van der Waals surface area (Å²) in [7, 11) is 0. The van der Waals surface area contributed by atoms with E-state index in [0.717, 1.165) is 0 Å². The van der Waals surface area contributed by atoms with Crippen LogP contribution < -0.4 is 5.32 Å². The molecule has 0 amide bonds. The fraction of sp³-hybridized carbons (Fsp3) is 0.500. The maximum atomic E-state index is 3.51. The fourth-order valence-electron chi connectivity index (χ4n) is 0.288. The van der Waals surface area contributed by atoms with E-state index >= 15 is 0 Å². The van der Waals surface area contributed by atoms with E-state index < -0.39 is 0 Å². The Kier molecular flexibility index (Phi) is 3.94. The van der Waals surface area contributed by atoms with Gasteiger partial charge in [0.2, 0.25) is 0 Å². The molecule has 0 radical (unpaired) electrons. The van der Waals surface area contributed by atoms with Crippen molar-refractivity contribution in [1.82, 2.24) is 5.32 Å². The second-order valence-corrected chi connectivity index (χ2v) is 1.82. The second-order valence-electron chi connectivity index (χ2n) is 1.82. The van der Waals surface area contributed by atoms with E-state index in [-0.39, 0.29) is 0 Å². The minimum absolute atomic E-state index is 0.480. The van der Waals surface area contributed by atoms with Gasteiger partial charge < -0.3 is 5.32 Å². The molecule has 46 valence electrons. The Balaban J connectivity index is 3.15. The van der Waals surface area contributed by atoms with Crippen molar-refractivity contribution in [3.8, 4) is 0 Å². The number of nitrogens with zero attached hydrogens (tertiary/aromatic N) is 1. The van der Waals surface area contributed by atoms with E-state index in [4.69, 9.17) is 0 Å². The topological polar surface area (TPSA) is 24.4 Å². The Morgan fingerprint density at radius 1 is 1.62 bits per heavy atom. The lowest BCUT2D eigenvalue weighted by atomic mass is 10.4. The smallest absolute Gasteiger partial charge is 0.0417 e. The monoisotopic (exact) mass is 112 g/mol. The van der Waals surface area contributed by atoms with Crippen molar-refractivity contribution < 1.29 is 0 Å². The third-order valence-corrected chi connectivity index (χ3v) is 0.610. The molecule has 8 heavy (non-hydrogen) atoms. The predicted molar refractivity (Wildman–Crippen MR) is 37.0 cm³/mol. The van der Waals surface area contributed by atoms with Crippen molar-refractivity contribution in [3.05, 3.63) is 12.4 Å². The van der Waals surface area contributed by atoms with Gasteiger partial charge in [0.15, 0.2) is 0 Å². The summed E-state index contributed by atoms with van der Waals surface area (Å²) in [4.78, 5) is 3.51. The summed E-state index contributed by atoms with van der Waals surface area (Å²) in [5.41, 5.74) is 0. The quantitative estimate of drug-likeness (QED) is 0.544. The van der Waals surface area contributed by atoms with Crippen LogP contribution in [0.25, 0.3) is 0 Å². The third-order valence-electron chi connectivity index (χ3n) is 0.610. The molecular formula is C6H12N2. The lowest BCUT2D eigenvalue weighted by Gasteiger charge is -2.00. The van der Waals surface area contributed by atoms with E-state index in [1.165, 1.54) is 0 Å². The van der Waals surface area contributed by atoms with Gasteiger partial charge in [0.25, 0.3) is 0 Å². The maximum Gasteiger partial charge on any atom is 0.0417 e. The summed E-state index contributed by atoms with van der Waals surface area (Å²) >= 11 is 0. The molecule has 0 atom stereocenters. The van der Waals surface area contributed by atoms with Gasteiger partial charge in [0.05, 0.1) is 0 Å². The highest BCUT2D eigenvalue weighted by Gasteiger charge is 1.80. The van der Waals surface area contributed by atoms with E-state index in [2.05, 4.69) is 30.9 Å². The van der Waals surface area contributed by atoms with Crippen molar-refractivity contribution in [1.29, 1.82) is 0 Å². The van der Waals surface area contributed by atoms with Crippen LogP contribution in [-0.4, -0.2) is 12.8 Å². The first-order chi connectivity index (χ1) is 3.77. The average molecular weight is 112 g/mol. The van der Waals surface area contributed by atoms with E-state index in [0.29, 0.717) is 6.04 Å². The zero-order valence-corrected chi connectivity index (χ0v) is 5.39. The molecule has 0 aromatic carbocycles. The largest absolute Gasteiger partial charge is 0.387 e. The molecule has 0 spiro atoms. The van der Waals surface area contributed by atoms with Crippen LogP contribution in [0.2, 0.25) is 0 Å². The van der Waals surface area contributed by atoms with Crippen LogP contribution in [-0.2, 0) is 0 Å². The highest BCUT2D eigenvalue weighted by Crippen LogP contribution is 1.75. The summed E-state index contributed by atoms with van der Waals surface area (Å²) in [6.45, 7) is 7.41. The first kappa shape index (κ1) is 7.21. The Morgan fingerprint density at radius 2 is 2.25 bits per heavy atom. The van der Waals surface area contributed by atoms with Gasteiger partial charge >= 0.3 is 0 Å². The molecule has 0 aromatic heterocycles. The average Bonchev–Trinajstić information content (AvgIpc) is 1.66. The number of nitrogens with one attached hydrogen (secondary N) is 1. The normalized spacial score (nSPS) is 10.4. The molecule has 1 N–H and O–H groups in total. The Morgan fingerprint density at radius 3 is 2.62 bits per heavy atom. The molecule has 0 heterocycles. The van der Waals surface area contributed by atoms with Crippen molar-refractivity contribution in [2.75, 3.05) is 0 Å². The van der Waals surface area contributed by atoms with Gasteiger partial charge in [-0.05, 0) is 20.6 Å². The van der Waals surface area contributed by atoms with Gasteiger partial charge in [0.1, 0.15) is 0 Å². The molecule has 2 nitrogen and oxygen atoms in total. The lowest BCUT2D eigenvalue weighted by Crippen LogP contribution is -2.14. The first-order valence-corrected chi connectivity index (χ1v) is 2.64. The summed E-state index contributed by atoms with van der Waals surface area (Å²) in [6.07, 6.45) is 3.40. The Hall–Kier alpha value is -0.790.